The molecule has 2 aromatic rings. The third kappa shape index (κ3) is 4.11. The summed E-state index contributed by atoms with van der Waals surface area (Å²) in [5.74, 6) is 0.516. The third-order valence-electron chi connectivity index (χ3n) is 3.16. The zero-order valence-electron chi connectivity index (χ0n) is 13.1. The van der Waals surface area contributed by atoms with Crippen LogP contribution in [-0.4, -0.2) is 39.4 Å². The molecule has 0 aliphatic carbocycles. The van der Waals surface area contributed by atoms with Crippen molar-refractivity contribution in [3.8, 4) is 0 Å². The summed E-state index contributed by atoms with van der Waals surface area (Å²) in [6.45, 7) is 5.19. The molecule has 0 saturated heterocycles. The standard InChI is InChI=1S/C14H21N5O2S/c1-4-5-12-17-11(8-22-12)14(20)16-10(2)13-18-15-9-19(13)6-7-21-3/h8-10H,4-7H2,1-3H3,(H,16,20)/t10-/m1/s1. The van der Waals surface area contributed by atoms with E-state index in [0.717, 1.165) is 17.8 Å². The first-order valence-corrected chi connectivity index (χ1v) is 8.15. The molecule has 1 N–H and O–H groups in total. The first-order chi connectivity index (χ1) is 10.7. The van der Waals surface area contributed by atoms with Gasteiger partial charge in [0.1, 0.15) is 12.0 Å². The van der Waals surface area contributed by atoms with Gasteiger partial charge in [-0.05, 0) is 19.8 Å². The lowest BCUT2D eigenvalue weighted by molar-refractivity contribution is 0.0932. The number of aryl methyl sites for hydroxylation is 1. The molecule has 2 heterocycles. The van der Waals surface area contributed by atoms with Crippen molar-refractivity contribution in [3.63, 3.8) is 0 Å². The molecule has 0 aromatic carbocycles. The zero-order chi connectivity index (χ0) is 15.9. The van der Waals surface area contributed by atoms with E-state index in [2.05, 4.69) is 27.4 Å². The maximum absolute atomic E-state index is 12.2. The first-order valence-electron chi connectivity index (χ1n) is 7.27. The van der Waals surface area contributed by atoms with Crippen LogP contribution in [0.3, 0.4) is 0 Å². The van der Waals surface area contributed by atoms with E-state index in [0.29, 0.717) is 24.7 Å². The lowest BCUT2D eigenvalue weighted by atomic mass is 10.3. The average Bonchev–Trinajstić information content (AvgIpc) is 3.14. The molecule has 2 aromatic heterocycles. The van der Waals surface area contributed by atoms with Gasteiger partial charge in [0.25, 0.3) is 5.91 Å². The zero-order valence-corrected chi connectivity index (χ0v) is 13.9. The first kappa shape index (κ1) is 16.6. The summed E-state index contributed by atoms with van der Waals surface area (Å²) < 4.78 is 6.93. The van der Waals surface area contributed by atoms with Gasteiger partial charge in [-0.15, -0.1) is 21.5 Å². The molecule has 7 nitrogen and oxygen atoms in total. The Kier molecular flexibility index (Phi) is 6.02. The molecule has 22 heavy (non-hydrogen) atoms. The Morgan fingerprint density at radius 1 is 1.55 bits per heavy atom. The van der Waals surface area contributed by atoms with E-state index in [1.165, 1.54) is 11.3 Å². The summed E-state index contributed by atoms with van der Waals surface area (Å²) in [5.41, 5.74) is 0.461. The van der Waals surface area contributed by atoms with E-state index in [1.54, 1.807) is 18.8 Å². The van der Waals surface area contributed by atoms with Crippen molar-refractivity contribution in [3.05, 3.63) is 28.2 Å². The van der Waals surface area contributed by atoms with E-state index in [4.69, 9.17) is 4.74 Å². The predicted octanol–water partition coefficient (Wildman–Crippen LogP) is 1.82. The fraction of sp³-hybridized carbons (Fsp3) is 0.571. The van der Waals surface area contributed by atoms with Crippen LogP contribution in [0.25, 0.3) is 0 Å². The molecule has 0 aliphatic heterocycles. The van der Waals surface area contributed by atoms with Gasteiger partial charge in [0, 0.05) is 19.0 Å². The average molecular weight is 323 g/mol. The summed E-state index contributed by atoms with van der Waals surface area (Å²) in [6.07, 6.45) is 3.56. The van der Waals surface area contributed by atoms with Gasteiger partial charge in [0.2, 0.25) is 0 Å². The van der Waals surface area contributed by atoms with E-state index in [9.17, 15) is 4.79 Å². The summed E-state index contributed by atoms with van der Waals surface area (Å²) >= 11 is 1.52. The SMILES string of the molecule is CCCc1nc(C(=O)N[C@H](C)c2nncn2CCOC)cs1. The molecule has 0 fully saturated rings. The highest BCUT2D eigenvalue weighted by Gasteiger charge is 2.18. The molecule has 0 aliphatic rings. The van der Waals surface area contributed by atoms with E-state index in [1.807, 2.05) is 11.5 Å². The Bertz CT molecular complexity index is 610. The highest BCUT2D eigenvalue weighted by atomic mass is 32.1. The number of carbonyl (C=O) groups excluding carboxylic acids is 1. The normalized spacial score (nSPS) is 12.3. The van der Waals surface area contributed by atoms with Crippen LogP contribution in [-0.2, 0) is 17.7 Å². The summed E-state index contributed by atoms with van der Waals surface area (Å²) in [6, 6.07) is -0.247. The predicted molar refractivity (Wildman–Crippen MR) is 83.9 cm³/mol. The minimum Gasteiger partial charge on any atom is -0.383 e. The van der Waals surface area contributed by atoms with Crippen molar-refractivity contribution in [1.82, 2.24) is 25.1 Å². The van der Waals surface area contributed by atoms with Gasteiger partial charge in [-0.25, -0.2) is 4.98 Å². The van der Waals surface area contributed by atoms with Crippen molar-refractivity contribution in [2.75, 3.05) is 13.7 Å². The number of thiazole rings is 1. The smallest absolute Gasteiger partial charge is 0.271 e. The number of hydrogen-bond donors (Lipinski definition) is 1. The van der Waals surface area contributed by atoms with Crippen molar-refractivity contribution in [2.45, 2.75) is 39.3 Å². The van der Waals surface area contributed by atoms with Crippen LogP contribution in [0.15, 0.2) is 11.7 Å². The van der Waals surface area contributed by atoms with Crippen molar-refractivity contribution >= 4 is 17.2 Å². The number of ether oxygens (including phenoxy) is 1. The van der Waals surface area contributed by atoms with Gasteiger partial charge >= 0.3 is 0 Å². The quantitative estimate of drug-likeness (QED) is 0.801. The number of nitrogens with zero attached hydrogens (tertiary/aromatic N) is 4. The number of hydrogen-bond acceptors (Lipinski definition) is 6. The van der Waals surface area contributed by atoms with Crippen LogP contribution < -0.4 is 5.32 Å². The second-order valence-corrected chi connectivity index (χ2v) is 5.89. The number of nitrogens with one attached hydrogen (secondary N) is 1. The number of methoxy groups -OCH3 is 1. The maximum atomic E-state index is 12.2. The fourth-order valence-corrected chi connectivity index (χ4v) is 2.92. The van der Waals surface area contributed by atoms with Gasteiger partial charge in [-0.2, -0.15) is 0 Å². The Hall–Kier alpha value is -1.80. The molecule has 0 saturated carbocycles. The highest BCUT2D eigenvalue weighted by Crippen LogP contribution is 2.14. The lowest BCUT2D eigenvalue weighted by Gasteiger charge is -2.13. The molecular formula is C14H21N5O2S. The van der Waals surface area contributed by atoms with E-state index < -0.39 is 0 Å². The fourth-order valence-electron chi connectivity index (χ4n) is 2.04. The van der Waals surface area contributed by atoms with E-state index in [-0.39, 0.29) is 11.9 Å². The number of rotatable bonds is 8. The molecule has 0 spiro atoms. The summed E-state index contributed by atoms with van der Waals surface area (Å²) in [7, 11) is 1.64. The largest absolute Gasteiger partial charge is 0.383 e. The minimum atomic E-state index is -0.247. The van der Waals surface area contributed by atoms with Crippen LogP contribution >= 0.6 is 11.3 Å². The van der Waals surface area contributed by atoms with Crippen LogP contribution in [0.2, 0.25) is 0 Å². The Morgan fingerprint density at radius 3 is 3.09 bits per heavy atom. The van der Waals surface area contributed by atoms with Crippen LogP contribution in [0.5, 0.6) is 0 Å². The molecule has 2 rings (SSSR count). The van der Waals surface area contributed by atoms with Crippen LogP contribution in [0.4, 0.5) is 0 Å². The summed E-state index contributed by atoms with van der Waals surface area (Å²) in [4.78, 5) is 16.6. The van der Waals surface area contributed by atoms with Gasteiger partial charge in [-0.1, -0.05) is 6.92 Å². The third-order valence-corrected chi connectivity index (χ3v) is 4.07. The molecule has 1 amide bonds. The van der Waals surface area contributed by atoms with Gasteiger partial charge in [0.15, 0.2) is 5.82 Å². The number of amides is 1. The molecule has 1 atom stereocenters. The molecule has 120 valence electrons. The van der Waals surface area contributed by atoms with E-state index >= 15 is 0 Å². The number of aromatic nitrogens is 4. The second kappa shape index (κ2) is 8.00. The molecular weight excluding hydrogens is 302 g/mol. The second-order valence-electron chi connectivity index (χ2n) is 4.95. The number of carbonyl (C=O) groups is 1. The Balaban J connectivity index is 1.99. The molecule has 0 unspecified atom stereocenters. The van der Waals surface area contributed by atoms with Crippen molar-refractivity contribution < 1.29 is 9.53 Å². The maximum Gasteiger partial charge on any atom is 0.271 e. The monoisotopic (exact) mass is 323 g/mol. The Labute approximate surface area is 133 Å². The van der Waals surface area contributed by atoms with Gasteiger partial charge in [-0.3, -0.25) is 4.79 Å². The van der Waals surface area contributed by atoms with Crippen LogP contribution in [0.1, 0.15) is 47.6 Å². The highest BCUT2D eigenvalue weighted by molar-refractivity contribution is 7.09. The van der Waals surface area contributed by atoms with Gasteiger partial charge < -0.3 is 14.6 Å². The summed E-state index contributed by atoms with van der Waals surface area (Å²) in [5, 5.41) is 13.7. The van der Waals surface area contributed by atoms with Crippen molar-refractivity contribution in [1.29, 1.82) is 0 Å². The van der Waals surface area contributed by atoms with Gasteiger partial charge in [0.05, 0.1) is 17.7 Å². The molecule has 0 radical (unpaired) electrons. The van der Waals surface area contributed by atoms with Crippen LogP contribution in [0, 0.1) is 0 Å². The lowest BCUT2D eigenvalue weighted by Crippen LogP contribution is -2.29. The minimum absolute atomic E-state index is 0.188. The Morgan fingerprint density at radius 2 is 2.36 bits per heavy atom. The molecule has 8 heteroatoms. The topological polar surface area (TPSA) is 81.9 Å². The molecule has 0 bridgehead atoms. The van der Waals surface area contributed by atoms with Crippen molar-refractivity contribution in [2.24, 2.45) is 0 Å².